The van der Waals surface area contributed by atoms with E-state index < -0.39 is 0 Å². The number of anilines is 3. The Hall–Kier alpha value is -3.36. The standard InChI is InChI=1S/C15H17N7O2/c1-16-12-7-11(19-10-5-4-6-21(3)15(10)24)20-13-9(14(23)17-2)8-18-22(12)13/h4-8,16H,1-3H3,(H,17,23)(H,19,20). The highest BCUT2D eigenvalue weighted by Crippen LogP contribution is 2.20. The summed E-state index contributed by atoms with van der Waals surface area (Å²) in [6, 6.07) is 5.14. The molecule has 3 aromatic heterocycles. The van der Waals surface area contributed by atoms with E-state index in [1.807, 2.05) is 0 Å². The second-order valence-corrected chi connectivity index (χ2v) is 5.11. The van der Waals surface area contributed by atoms with Gasteiger partial charge in [0, 0.05) is 33.4 Å². The Bertz CT molecular complexity index is 974. The van der Waals surface area contributed by atoms with E-state index in [-0.39, 0.29) is 11.5 Å². The number of aromatic nitrogens is 4. The topological polar surface area (TPSA) is 105 Å². The molecule has 0 aromatic carbocycles. The van der Waals surface area contributed by atoms with Crippen molar-refractivity contribution in [2.24, 2.45) is 7.05 Å². The Kier molecular flexibility index (Phi) is 3.90. The first-order valence-electron chi connectivity index (χ1n) is 7.26. The van der Waals surface area contributed by atoms with Crippen LogP contribution in [0.4, 0.5) is 17.3 Å². The van der Waals surface area contributed by atoms with Crippen molar-refractivity contribution in [1.82, 2.24) is 24.5 Å². The lowest BCUT2D eigenvalue weighted by atomic mass is 10.3. The number of fused-ring (bicyclic) bond motifs is 1. The first-order chi connectivity index (χ1) is 11.5. The quantitative estimate of drug-likeness (QED) is 0.647. The molecule has 124 valence electrons. The maximum atomic E-state index is 12.1. The first-order valence-corrected chi connectivity index (χ1v) is 7.26. The molecule has 0 radical (unpaired) electrons. The minimum atomic E-state index is -0.285. The molecule has 0 atom stereocenters. The van der Waals surface area contributed by atoms with Crippen LogP contribution in [0.1, 0.15) is 10.4 Å². The third-order valence-corrected chi connectivity index (χ3v) is 3.59. The minimum Gasteiger partial charge on any atom is -0.373 e. The summed E-state index contributed by atoms with van der Waals surface area (Å²) in [7, 11) is 4.95. The number of amides is 1. The molecule has 0 unspecified atom stereocenters. The van der Waals surface area contributed by atoms with Gasteiger partial charge >= 0.3 is 0 Å². The van der Waals surface area contributed by atoms with E-state index in [0.29, 0.717) is 28.5 Å². The molecule has 0 aliphatic carbocycles. The van der Waals surface area contributed by atoms with E-state index in [0.717, 1.165) is 0 Å². The number of carbonyl (C=O) groups excluding carboxylic acids is 1. The lowest BCUT2D eigenvalue weighted by Gasteiger charge is -2.10. The molecule has 0 spiro atoms. The van der Waals surface area contributed by atoms with Gasteiger partial charge < -0.3 is 20.5 Å². The van der Waals surface area contributed by atoms with E-state index in [1.165, 1.54) is 15.3 Å². The first kappa shape index (κ1) is 15.5. The van der Waals surface area contributed by atoms with Gasteiger partial charge in [0.1, 0.15) is 22.9 Å². The van der Waals surface area contributed by atoms with Gasteiger partial charge in [-0.1, -0.05) is 0 Å². The fourth-order valence-corrected chi connectivity index (χ4v) is 2.33. The highest BCUT2D eigenvalue weighted by molar-refractivity contribution is 5.99. The van der Waals surface area contributed by atoms with Crippen LogP contribution in [0.15, 0.2) is 35.4 Å². The molecule has 0 aliphatic rings. The summed E-state index contributed by atoms with van der Waals surface area (Å²) in [4.78, 5) is 28.5. The molecule has 3 aromatic rings. The van der Waals surface area contributed by atoms with Crippen molar-refractivity contribution < 1.29 is 4.79 Å². The zero-order valence-electron chi connectivity index (χ0n) is 13.5. The molecule has 24 heavy (non-hydrogen) atoms. The normalized spacial score (nSPS) is 10.6. The van der Waals surface area contributed by atoms with Crippen LogP contribution < -0.4 is 21.5 Å². The van der Waals surface area contributed by atoms with E-state index >= 15 is 0 Å². The van der Waals surface area contributed by atoms with Crippen molar-refractivity contribution in [1.29, 1.82) is 0 Å². The van der Waals surface area contributed by atoms with Gasteiger partial charge in [-0.05, 0) is 12.1 Å². The Labute approximate surface area is 137 Å². The Morgan fingerprint density at radius 1 is 1.29 bits per heavy atom. The third kappa shape index (κ3) is 2.56. The van der Waals surface area contributed by atoms with Crippen molar-refractivity contribution in [3.8, 4) is 0 Å². The minimum absolute atomic E-state index is 0.176. The van der Waals surface area contributed by atoms with Crippen molar-refractivity contribution in [2.75, 3.05) is 24.7 Å². The van der Waals surface area contributed by atoms with Crippen LogP contribution in [-0.4, -0.2) is 39.2 Å². The summed E-state index contributed by atoms with van der Waals surface area (Å²) < 4.78 is 2.99. The van der Waals surface area contributed by atoms with Crippen LogP contribution in [0.3, 0.4) is 0 Å². The summed E-state index contributed by atoms with van der Waals surface area (Å²) in [6.45, 7) is 0. The highest BCUT2D eigenvalue weighted by atomic mass is 16.1. The van der Waals surface area contributed by atoms with E-state index in [9.17, 15) is 9.59 Å². The van der Waals surface area contributed by atoms with Gasteiger partial charge in [-0.2, -0.15) is 9.61 Å². The van der Waals surface area contributed by atoms with E-state index in [2.05, 4.69) is 26.0 Å². The molecule has 3 N–H and O–H groups in total. The average Bonchev–Trinajstić information content (AvgIpc) is 3.01. The lowest BCUT2D eigenvalue weighted by molar-refractivity contribution is 0.0964. The maximum Gasteiger partial charge on any atom is 0.274 e. The number of rotatable bonds is 4. The molecule has 3 heterocycles. The molecule has 0 fully saturated rings. The predicted octanol–water partition coefficient (Wildman–Crippen LogP) is 0.573. The summed E-state index contributed by atoms with van der Waals surface area (Å²) in [6.07, 6.45) is 3.12. The number of aryl methyl sites for hydroxylation is 1. The number of hydrogen-bond acceptors (Lipinski definition) is 6. The van der Waals surface area contributed by atoms with Crippen molar-refractivity contribution in [3.63, 3.8) is 0 Å². The Morgan fingerprint density at radius 2 is 2.08 bits per heavy atom. The Morgan fingerprint density at radius 3 is 2.79 bits per heavy atom. The van der Waals surface area contributed by atoms with Crippen LogP contribution in [0.2, 0.25) is 0 Å². The fraction of sp³-hybridized carbons (Fsp3) is 0.200. The predicted molar refractivity (Wildman–Crippen MR) is 90.9 cm³/mol. The van der Waals surface area contributed by atoms with Gasteiger partial charge in [0.25, 0.3) is 11.5 Å². The second-order valence-electron chi connectivity index (χ2n) is 5.11. The number of hydrogen-bond donors (Lipinski definition) is 3. The van der Waals surface area contributed by atoms with Crippen LogP contribution in [-0.2, 0) is 7.05 Å². The van der Waals surface area contributed by atoms with Crippen molar-refractivity contribution >= 4 is 28.9 Å². The van der Waals surface area contributed by atoms with Gasteiger partial charge in [-0.15, -0.1) is 0 Å². The molecule has 3 rings (SSSR count). The maximum absolute atomic E-state index is 12.1. The molecule has 9 heteroatoms. The van der Waals surface area contributed by atoms with E-state index in [1.54, 1.807) is 45.5 Å². The number of pyridine rings is 1. The molecule has 0 saturated heterocycles. The van der Waals surface area contributed by atoms with Gasteiger partial charge in [0.2, 0.25) is 0 Å². The van der Waals surface area contributed by atoms with Crippen LogP contribution >= 0.6 is 0 Å². The summed E-state index contributed by atoms with van der Waals surface area (Å²) >= 11 is 0. The molecule has 1 amide bonds. The highest BCUT2D eigenvalue weighted by Gasteiger charge is 2.16. The largest absolute Gasteiger partial charge is 0.373 e. The lowest BCUT2D eigenvalue weighted by Crippen LogP contribution is -2.19. The van der Waals surface area contributed by atoms with Crippen LogP contribution in [0.5, 0.6) is 0 Å². The van der Waals surface area contributed by atoms with Gasteiger partial charge in [-0.3, -0.25) is 9.59 Å². The van der Waals surface area contributed by atoms with E-state index in [4.69, 9.17) is 0 Å². The summed E-state index contributed by atoms with van der Waals surface area (Å²) in [5, 5.41) is 12.7. The molecular weight excluding hydrogens is 310 g/mol. The average molecular weight is 327 g/mol. The van der Waals surface area contributed by atoms with Gasteiger partial charge in [0.15, 0.2) is 5.65 Å². The molecule has 0 aliphatic heterocycles. The third-order valence-electron chi connectivity index (χ3n) is 3.59. The van der Waals surface area contributed by atoms with Crippen molar-refractivity contribution in [2.45, 2.75) is 0 Å². The molecule has 0 bridgehead atoms. The molecule has 9 nitrogen and oxygen atoms in total. The summed E-state index contributed by atoms with van der Waals surface area (Å²) in [5.41, 5.74) is 0.945. The molecule has 0 saturated carbocycles. The fourth-order valence-electron chi connectivity index (χ4n) is 2.33. The zero-order chi connectivity index (χ0) is 17.3. The SMILES string of the molecule is CNC(=O)c1cnn2c(NC)cc(Nc3cccn(C)c3=O)nc12. The van der Waals surface area contributed by atoms with Crippen LogP contribution in [0.25, 0.3) is 5.65 Å². The summed E-state index contributed by atoms with van der Waals surface area (Å²) in [5.74, 6) is 0.776. The molecular formula is C15H17N7O2. The number of nitrogens with zero attached hydrogens (tertiary/aromatic N) is 4. The Balaban J connectivity index is 2.13. The smallest absolute Gasteiger partial charge is 0.274 e. The van der Waals surface area contributed by atoms with Crippen molar-refractivity contribution in [3.05, 3.63) is 46.5 Å². The zero-order valence-corrected chi connectivity index (χ0v) is 13.5. The van der Waals surface area contributed by atoms with Crippen LogP contribution in [0, 0.1) is 0 Å². The monoisotopic (exact) mass is 327 g/mol. The van der Waals surface area contributed by atoms with Gasteiger partial charge in [-0.25, -0.2) is 4.98 Å². The number of carbonyl (C=O) groups is 1. The van der Waals surface area contributed by atoms with Gasteiger partial charge in [0.05, 0.1) is 6.20 Å². The number of nitrogens with one attached hydrogen (secondary N) is 3. The second kappa shape index (κ2) is 6.03.